The highest BCUT2D eigenvalue weighted by atomic mass is 16.5. The summed E-state index contributed by atoms with van der Waals surface area (Å²) in [5.41, 5.74) is 1.91. The van der Waals surface area contributed by atoms with Gasteiger partial charge in [-0.15, -0.1) is 0 Å². The Morgan fingerprint density at radius 3 is 2.58 bits per heavy atom. The van der Waals surface area contributed by atoms with Gasteiger partial charge in [-0.2, -0.15) is 5.26 Å². The lowest BCUT2D eigenvalue weighted by Gasteiger charge is -2.17. The third-order valence-corrected chi connectivity index (χ3v) is 3.02. The lowest BCUT2D eigenvalue weighted by molar-refractivity contribution is -0.124. The minimum atomic E-state index is -0.538. The number of methoxy groups -OCH3 is 2. The van der Waals surface area contributed by atoms with Crippen LogP contribution in [0.4, 0.5) is 0 Å². The Morgan fingerprint density at radius 2 is 2.05 bits per heavy atom. The first-order valence-corrected chi connectivity index (χ1v) is 5.90. The van der Waals surface area contributed by atoms with Crippen molar-refractivity contribution in [2.45, 2.75) is 13.3 Å². The van der Waals surface area contributed by atoms with E-state index in [1.54, 1.807) is 27.3 Å². The first kappa shape index (κ1) is 14.8. The molecule has 0 aliphatic rings. The maximum atomic E-state index is 11.2. The average Bonchev–Trinajstić information content (AvgIpc) is 2.43. The van der Waals surface area contributed by atoms with Crippen molar-refractivity contribution < 1.29 is 14.3 Å². The molecule has 0 bridgehead atoms. The molecule has 0 aliphatic heterocycles. The van der Waals surface area contributed by atoms with Gasteiger partial charge >= 0.3 is 5.91 Å². The van der Waals surface area contributed by atoms with E-state index < -0.39 is 5.91 Å². The van der Waals surface area contributed by atoms with Crippen LogP contribution in [0.3, 0.4) is 0 Å². The topological polar surface area (TPSA) is 62.6 Å². The summed E-state index contributed by atoms with van der Waals surface area (Å²) in [6, 6.07) is 5.38. The van der Waals surface area contributed by atoms with Crippen molar-refractivity contribution in [3.63, 3.8) is 0 Å². The number of hydrogen-bond acceptors (Lipinski definition) is 4. The molecule has 0 radical (unpaired) electrons. The molecule has 0 unspecified atom stereocenters. The Labute approximate surface area is 113 Å². The van der Waals surface area contributed by atoms with Gasteiger partial charge < -0.3 is 14.4 Å². The summed E-state index contributed by atoms with van der Waals surface area (Å²) in [6.45, 7) is 2.39. The summed E-state index contributed by atoms with van der Waals surface area (Å²) in [4.78, 5) is 12.6. The van der Waals surface area contributed by atoms with Crippen LogP contribution >= 0.6 is 0 Å². The van der Waals surface area contributed by atoms with Crippen LogP contribution in [0.25, 0.3) is 0 Å². The number of rotatable bonds is 5. The molecule has 0 fully saturated rings. The molecule has 1 rings (SSSR count). The summed E-state index contributed by atoms with van der Waals surface area (Å²) >= 11 is 0. The largest absolute Gasteiger partial charge is 0.496 e. The summed E-state index contributed by atoms with van der Waals surface area (Å²) < 4.78 is 10.6. The molecule has 102 valence electrons. The number of carbonyl (C=O) groups is 1. The molecule has 19 heavy (non-hydrogen) atoms. The first-order valence-electron chi connectivity index (χ1n) is 5.90. The zero-order valence-corrected chi connectivity index (χ0v) is 11.7. The highest BCUT2D eigenvalue weighted by molar-refractivity contribution is 5.90. The lowest BCUT2D eigenvalue weighted by atomic mass is 10.1. The number of amides is 1. The fourth-order valence-corrected chi connectivity index (χ4v) is 1.91. The summed E-state index contributed by atoms with van der Waals surface area (Å²) in [7, 11) is 4.82. The number of benzene rings is 1. The van der Waals surface area contributed by atoms with Gasteiger partial charge in [0, 0.05) is 19.2 Å². The molecule has 0 N–H and O–H groups in total. The molecule has 0 saturated carbocycles. The molecular weight excluding hydrogens is 244 g/mol. The van der Waals surface area contributed by atoms with Crippen LogP contribution < -0.4 is 9.47 Å². The fourth-order valence-electron chi connectivity index (χ4n) is 1.91. The Kier molecular flexibility index (Phi) is 5.19. The van der Waals surface area contributed by atoms with E-state index in [4.69, 9.17) is 14.7 Å². The quantitative estimate of drug-likeness (QED) is 0.755. The number of ether oxygens (including phenoxy) is 2. The molecule has 1 aromatic carbocycles. The molecule has 0 saturated heterocycles. The SMILES string of the molecule is COc1ccc(CCN(C)C(=O)C#N)c(OC)c1C. The van der Waals surface area contributed by atoms with Crippen molar-refractivity contribution in [1.82, 2.24) is 4.90 Å². The summed E-state index contributed by atoms with van der Waals surface area (Å²) in [5.74, 6) is 0.989. The highest BCUT2D eigenvalue weighted by Crippen LogP contribution is 2.31. The molecule has 5 nitrogen and oxygen atoms in total. The van der Waals surface area contributed by atoms with E-state index in [1.165, 1.54) is 4.90 Å². The summed E-state index contributed by atoms with van der Waals surface area (Å²) in [5, 5.41) is 8.53. The molecule has 0 atom stereocenters. The van der Waals surface area contributed by atoms with Gasteiger partial charge in [0.05, 0.1) is 14.2 Å². The second-order valence-electron chi connectivity index (χ2n) is 4.17. The van der Waals surface area contributed by atoms with Gasteiger partial charge in [-0.25, -0.2) is 0 Å². The molecule has 0 aromatic heterocycles. The van der Waals surface area contributed by atoms with Crippen LogP contribution in [0.2, 0.25) is 0 Å². The normalized spacial score (nSPS) is 9.63. The Balaban J connectivity index is 2.88. The van der Waals surface area contributed by atoms with Gasteiger partial charge in [-0.1, -0.05) is 6.07 Å². The van der Waals surface area contributed by atoms with Gasteiger partial charge in [0.15, 0.2) is 6.07 Å². The average molecular weight is 262 g/mol. The molecule has 5 heteroatoms. The Bertz CT molecular complexity index is 506. The van der Waals surface area contributed by atoms with Crippen molar-refractivity contribution in [3.05, 3.63) is 23.3 Å². The minimum absolute atomic E-state index is 0.467. The van der Waals surface area contributed by atoms with Crippen molar-refractivity contribution >= 4 is 5.91 Å². The maximum absolute atomic E-state index is 11.2. The molecular formula is C14H18N2O3. The van der Waals surface area contributed by atoms with Crippen LogP contribution in [0.1, 0.15) is 11.1 Å². The van der Waals surface area contributed by atoms with Crippen molar-refractivity contribution in [2.24, 2.45) is 0 Å². The predicted molar refractivity (Wildman–Crippen MR) is 71.2 cm³/mol. The van der Waals surface area contributed by atoms with Gasteiger partial charge in [-0.3, -0.25) is 4.79 Å². The zero-order chi connectivity index (χ0) is 14.4. The number of nitriles is 1. The smallest absolute Gasteiger partial charge is 0.324 e. The van der Waals surface area contributed by atoms with Crippen LogP contribution in [0, 0.1) is 18.3 Å². The van der Waals surface area contributed by atoms with E-state index in [0.29, 0.717) is 13.0 Å². The van der Waals surface area contributed by atoms with Gasteiger partial charge in [0.1, 0.15) is 11.5 Å². The first-order chi connectivity index (χ1) is 9.04. The van der Waals surface area contributed by atoms with Gasteiger partial charge in [0.25, 0.3) is 0 Å². The van der Waals surface area contributed by atoms with Crippen molar-refractivity contribution in [3.8, 4) is 17.6 Å². The molecule has 0 aliphatic carbocycles. The Morgan fingerprint density at radius 1 is 1.37 bits per heavy atom. The fraction of sp³-hybridized carbons (Fsp3) is 0.429. The second kappa shape index (κ2) is 6.64. The maximum Gasteiger partial charge on any atom is 0.324 e. The Hall–Kier alpha value is -2.22. The standard InChI is InChI=1S/C14H18N2O3/c1-10-12(18-3)6-5-11(14(10)19-4)7-8-16(2)13(17)9-15/h5-6H,7-8H2,1-4H3. The van der Waals surface area contributed by atoms with E-state index >= 15 is 0 Å². The van der Waals surface area contributed by atoms with Crippen LogP contribution in [0.5, 0.6) is 11.5 Å². The third-order valence-electron chi connectivity index (χ3n) is 3.02. The molecule has 1 aromatic rings. The molecule has 1 amide bonds. The monoisotopic (exact) mass is 262 g/mol. The van der Waals surface area contributed by atoms with Gasteiger partial charge in [0.2, 0.25) is 0 Å². The molecule has 0 heterocycles. The van der Waals surface area contributed by atoms with Gasteiger partial charge in [-0.05, 0) is 25.0 Å². The number of hydrogen-bond donors (Lipinski definition) is 0. The minimum Gasteiger partial charge on any atom is -0.496 e. The summed E-state index contributed by atoms with van der Waals surface area (Å²) in [6.07, 6.45) is 0.623. The number of carbonyl (C=O) groups excluding carboxylic acids is 1. The van der Waals surface area contributed by atoms with Crippen LogP contribution in [-0.2, 0) is 11.2 Å². The van der Waals surface area contributed by atoms with E-state index in [-0.39, 0.29) is 0 Å². The van der Waals surface area contributed by atoms with E-state index in [2.05, 4.69) is 0 Å². The molecule has 0 spiro atoms. The zero-order valence-electron chi connectivity index (χ0n) is 11.7. The van der Waals surface area contributed by atoms with Crippen LogP contribution in [0.15, 0.2) is 12.1 Å². The van der Waals surface area contributed by atoms with E-state index in [0.717, 1.165) is 22.6 Å². The third kappa shape index (κ3) is 3.38. The number of nitrogens with zero attached hydrogens (tertiary/aromatic N) is 2. The van der Waals surface area contributed by atoms with Crippen molar-refractivity contribution in [2.75, 3.05) is 27.8 Å². The highest BCUT2D eigenvalue weighted by Gasteiger charge is 2.13. The van der Waals surface area contributed by atoms with E-state index in [1.807, 2.05) is 19.1 Å². The van der Waals surface area contributed by atoms with Crippen LogP contribution in [-0.4, -0.2) is 38.6 Å². The lowest BCUT2D eigenvalue weighted by Crippen LogP contribution is -2.27. The van der Waals surface area contributed by atoms with Crippen molar-refractivity contribution in [1.29, 1.82) is 5.26 Å². The second-order valence-corrected chi connectivity index (χ2v) is 4.17. The number of likely N-dealkylation sites (N-methyl/N-ethyl adjacent to an activating group) is 1. The van der Waals surface area contributed by atoms with E-state index in [9.17, 15) is 4.79 Å². The predicted octanol–water partition coefficient (Wildman–Crippen LogP) is 1.54.